The summed E-state index contributed by atoms with van der Waals surface area (Å²) in [5.74, 6) is 0.545. The van der Waals surface area contributed by atoms with Crippen molar-refractivity contribution in [1.82, 2.24) is 19.4 Å². The predicted octanol–water partition coefficient (Wildman–Crippen LogP) is 1.63. The van der Waals surface area contributed by atoms with E-state index in [4.69, 9.17) is 4.74 Å². The van der Waals surface area contributed by atoms with Crippen molar-refractivity contribution >= 4 is 9.84 Å². The van der Waals surface area contributed by atoms with E-state index in [1.165, 1.54) is 6.42 Å². The second-order valence-electron chi connectivity index (χ2n) is 7.80. The number of sulfone groups is 1. The first-order valence-electron chi connectivity index (χ1n) is 10.2. The lowest BCUT2D eigenvalue weighted by Crippen LogP contribution is -2.37. The molecule has 7 nitrogen and oxygen atoms in total. The molecule has 27 heavy (non-hydrogen) atoms. The minimum atomic E-state index is -3.33. The fourth-order valence-corrected chi connectivity index (χ4v) is 5.94. The van der Waals surface area contributed by atoms with Crippen molar-refractivity contribution in [2.24, 2.45) is 5.92 Å². The number of nitrogens with zero attached hydrogens (tertiary/aromatic N) is 4. The van der Waals surface area contributed by atoms with E-state index in [9.17, 15) is 8.42 Å². The van der Waals surface area contributed by atoms with Crippen molar-refractivity contribution in [2.75, 3.05) is 45.6 Å². The first-order chi connectivity index (χ1) is 13.0. The summed E-state index contributed by atoms with van der Waals surface area (Å²) in [6, 6.07) is 0.591. The minimum Gasteiger partial charge on any atom is -0.383 e. The molecule has 1 saturated carbocycles. The van der Waals surface area contributed by atoms with Crippen LogP contribution < -0.4 is 0 Å². The molecule has 0 amide bonds. The Bertz CT molecular complexity index is 711. The van der Waals surface area contributed by atoms with Crippen molar-refractivity contribution in [3.63, 3.8) is 0 Å². The summed E-state index contributed by atoms with van der Waals surface area (Å²) in [5.41, 5.74) is 0.974. The van der Waals surface area contributed by atoms with Crippen LogP contribution in [0.3, 0.4) is 0 Å². The van der Waals surface area contributed by atoms with Crippen molar-refractivity contribution < 1.29 is 13.2 Å². The van der Waals surface area contributed by atoms with Gasteiger partial charge in [-0.1, -0.05) is 13.8 Å². The molecule has 1 atom stereocenters. The zero-order chi connectivity index (χ0) is 19.4. The minimum absolute atomic E-state index is 0.223. The molecule has 0 bridgehead atoms. The summed E-state index contributed by atoms with van der Waals surface area (Å²) in [7, 11) is -1.69. The fraction of sp³-hybridized carbons (Fsp3) is 0.842. The van der Waals surface area contributed by atoms with Crippen LogP contribution in [0.15, 0.2) is 11.4 Å². The number of imidazole rings is 1. The number of methoxy groups -OCH3 is 1. The van der Waals surface area contributed by atoms with Crippen LogP contribution in [0.5, 0.6) is 0 Å². The lowest BCUT2D eigenvalue weighted by molar-refractivity contribution is 0.180. The molecule has 2 heterocycles. The highest BCUT2D eigenvalue weighted by Crippen LogP contribution is 2.32. The summed E-state index contributed by atoms with van der Waals surface area (Å²) in [5, 5.41) is 0.223. The van der Waals surface area contributed by atoms with Crippen LogP contribution in [-0.2, 0) is 27.7 Å². The number of likely N-dealkylation sites (tertiary alicyclic amines) is 1. The van der Waals surface area contributed by atoms with Gasteiger partial charge in [0.1, 0.15) is 0 Å². The Morgan fingerprint density at radius 1 is 1.26 bits per heavy atom. The summed E-state index contributed by atoms with van der Waals surface area (Å²) >= 11 is 0. The molecule has 1 aliphatic carbocycles. The molecule has 2 aliphatic rings. The third-order valence-corrected chi connectivity index (χ3v) is 7.61. The number of likely N-dealkylation sites (N-methyl/N-ethyl adjacent to an activating group) is 1. The van der Waals surface area contributed by atoms with E-state index >= 15 is 0 Å². The smallest absolute Gasteiger partial charge is 0.227 e. The number of aromatic nitrogens is 2. The monoisotopic (exact) mass is 398 g/mol. The number of hydrogen-bond acceptors (Lipinski definition) is 6. The van der Waals surface area contributed by atoms with Crippen LogP contribution in [0.2, 0.25) is 0 Å². The highest BCUT2D eigenvalue weighted by Gasteiger charge is 2.33. The molecule has 2 fully saturated rings. The van der Waals surface area contributed by atoms with E-state index in [-0.39, 0.29) is 10.9 Å². The van der Waals surface area contributed by atoms with Crippen molar-refractivity contribution in [2.45, 2.75) is 57.4 Å². The van der Waals surface area contributed by atoms with E-state index in [2.05, 4.69) is 28.6 Å². The van der Waals surface area contributed by atoms with Crippen LogP contribution in [0.1, 0.15) is 38.8 Å². The van der Waals surface area contributed by atoms with Crippen LogP contribution in [-0.4, -0.2) is 79.5 Å². The van der Waals surface area contributed by atoms with Crippen molar-refractivity contribution in [3.05, 3.63) is 11.9 Å². The molecule has 0 radical (unpaired) electrons. The van der Waals surface area contributed by atoms with E-state index < -0.39 is 9.84 Å². The maximum atomic E-state index is 12.8. The van der Waals surface area contributed by atoms with Crippen LogP contribution in [0.4, 0.5) is 0 Å². The molecule has 1 aromatic rings. The third kappa shape index (κ3) is 5.10. The molecule has 1 saturated heterocycles. The lowest BCUT2D eigenvalue weighted by Gasteiger charge is -2.26. The third-order valence-electron chi connectivity index (χ3n) is 5.81. The molecule has 8 heteroatoms. The first-order valence-corrected chi connectivity index (χ1v) is 11.9. The summed E-state index contributed by atoms with van der Waals surface area (Å²) in [6.07, 6.45) is 4.96. The van der Waals surface area contributed by atoms with E-state index in [0.717, 1.165) is 51.3 Å². The van der Waals surface area contributed by atoms with Gasteiger partial charge in [0.2, 0.25) is 15.0 Å². The van der Waals surface area contributed by atoms with Gasteiger partial charge < -0.3 is 9.30 Å². The van der Waals surface area contributed by atoms with Gasteiger partial charge in [0.25, 0.3) is 0 Å². The molecule has 154 valence electrons. The predicted molar refractivity (Wildman–Crippen MR) is 105 cm³/mol. The number of rotatable bonds is 11. The molecule has 1 unspecified atom stereocenters. The molecule has 0 N–H and O–H groups in total. The van der Waals surface area contributed by atoms with Gasteiger partial charge in [-0.2, -0.15) is 0 Å². The Morgan fingerprint density at radius 3 is 2.63 bits per heavy atom. The first kappa shape index (κ1) is 20.8. The molecule has 0 spiro atoms. The SMILES string of the molecule is CCN(CC)C1CCN(Cc2cnc(S(=O)(=O)CC3CC3)n2CCOC)C1. The summed E-state index contributed by atoms with van der Waals surface area (Å²) < 4.78 is 32.7. The number of ether oxygens (including phenoxy) is 1. The van der Waals surface area contributed by atoms with Crippen LogP contribution >= 0.6 is 0 Å². The van der Waals surface area contributed by atoms with Gasteiger partial charge in [-0.25, -0.2) is 13.4 Å². The maximum absolute atomic E-state index is 12.8. The number of hydrogen-bond donors (Lipinski definition) is 0. The largest absolute Gasteiger partial charge is 0.383 e. The molecule has 1 aliphatic heterocycles. The van der Waals surface area contributed by atoms with E-state index in [0.29, 0.717) is 25.1 Å². The topological polar surface area (TPSA) is 67.7 Å². The van der Waals surface area contributed by atoms with Crippen LogP contribution in [0, 0.1) is 5.92 Å². The molecule has 0 aromatic carbocycles. The van der Waals surface area contributed by atoms with Gasteiger partial charge in [0.15, 0.2) is 0 Å². The van der Waals surface area contributed by atoms with Gasteiger partial charge in [0, 0.05) is 39.3 Å². The maximum Gasteiger partial charge on any atom is 0.227 e. The van der Waals surface area contributed by atoms with Crippen molar-refractivity contribution in [1.29, 1.82) is 0 Å². The second-order valence-corrected chi connectivity index (χ2v) is 9.73. The average Bonchev–Trinajstić information content (AvgIpc) is 3.16. The average molecular weight is 399 g/mol. The van der Waals surface area contributed by atoms with E-state index in [1.807, 2.05) is 4.57 Å². The molecule has 1 aromatic heterocycles. The van der Waals surface area contributed by atoms with Gasteiger partial charge >= 0.3 is 0 Å². The van der Waals surface area contributed by atoms with Crippen molar-refractivity contribution in [3.8, 4) is 0 Å². The Kier molecular flexibility index (Phi) is 6.94. The zero-order valence-electron chi connectivity index (χ0n) is 16.9. The fourth-order valence-electron chi connectivity index (χ4n) is 4.08. The summed E-state index contributed by atoms with van der Waals surface area (Å²) in [6.45, 7) is 10.4. The molecular weight excluding hydrogens is 364 g/mol. The quantitative estimate of drug-likeness (QED) is 0.564. The standard InChI is InChI=1S/C19H34N4O3S/c1-4-22(5-2)17-8-9-21(13-17)14-18-12-20-19(23(18)10-11-26-3)27(24,25)15-16-6-7-16/h12,16-17H,4-11,13-15H2,1-3H3. The molecular formula is C19H34N4O3S. The van der Waals surface area contributed by atoms with Gasteiger partial charge in [0.05, 0.1) is 24.3 Å². The van der Waals surface area contributed by atoms with Gasteiger partial charge in [-0.15, -0.1) is 0 Å². The summed E-state index contributed by atoms with van der Waals surface area (Å²) in [4.78, 5) is 9.26. The Labute approximate surface area is 163 Å². The molecule has 3 rings (SSSR count). The highest BCUT2D eigenvalue weighted by molar-refractivity contribution is 7.91. The van der Waals surface area contributed by atoms with Gasteiger partial charge in [-0.3, -0.25) is 9.80 Å². The van der Waals surface area contributed by atoms with E-state index in [1.54, 1.807) is 13.3 Å². The zero-order valence-corrected chi connectivity index (χ0v) is 17.7. The lowest BCUT2D eigenvalue weighted by atomic mass is 10.2. The van der Waals surface area contributed by atoms with Crippen LogP contribution in [0.25, 0.3) is 0 Å². The van der Waals surface area contributed by atoms with Gasteiger partial charge in [-0.05, 0) is 38.3 Å². The Hall–Kier alpha value is -0.960. The highest BCUT2D eigenvalue weighted by atomic mass is 32.2. The normalized spacial score (nSPS) is 21.4. The second kappa shape index (κ2) is 9.03. The Balaban J connectivity index is 1.73. The Morgan fingerprint density at radius 2 is 2.00 bits per heavy atom.